The van der Waals surface area contributed by atoms with Crippen molar-refractivity contribution in [3.63, 3.8) is 0 Å². The summed E-state index contributed by atoms with van der Waals surface area (Å²) in [4.78, 5) is 9.98. The van der Waals surface area contributed by atoms with E-state index in [2.05, 4.69) is 12.6 Å². The molecule has 1 aromatic rings. The van der Waals surface area contributed by atoms with Crippen LogP contribution >= 0.6 is 0 Å². The summed E-state index contributed by atoms with van der Waals surface area (Å²) in [7, 11) is 0. The van der Waals surface area contributed by atoms with Crippen molar-refractivity contribution < 1.29 is 9.78 Å². The van der Waals surface area contributed by atoms with Crippen molar-refractivity contribution >= 4 is 0 Å². The van der Waals surface area contributed by atoms with Gasteiger partial charge in [-0.15, -0.1) is 6.58 Å². The summed E-state index contributed by atoms with van der Waals surface area (Å²) in [5.74, 6) is 0.852. The smallest absolute Gasteiger partial charge is 0.168 e. The van der Waals surface area contributed by atoms with Crippen LogP contribution in [-0.2, 0) is 17.7 Å². The van der Waals surface area contributed by atoms with E-state index in [1.165, 1.54) is 11.1 Å². The minimum absolute atomic E-state index is 0.640. The van der Waals surface area contributed by atoms with Crippen LogP contribution in [0.15, 0.2) is 30.9 Å². The Morgan fingerprint density at radius 1 is 1.46 bits per heavy atom. The maximum absolute atomic E-state index is 5.08. The number of allylic oxidation sites excluding steroid dienone is 1. The molecule has 0 spiro atoms. The number of hydrogen-bond donors (Lipinski definition) is 0. The van der Waals surface area contributed by atoms with E-state index in [0.717, 1.165) is 18.6 Å². The highest BCUT2D eigenvalue weighted by atomic mass is 17.2. The lowest BCUT2D eigenvalue weighted by Crippen LogP contribution is -2.12. The van der Waals surface area contributed by atoms with Crippen molar-refractivity contribution in [1.82, 2.24) is 0 Å². The van der Waals surface area contributed by atoms with Gasteiger partial charge in [-0.2, -0.15) is 4.89 Å². The number of rotatable bonds is 2. The number of benzene rings is 1. The summed E-state index contributed by atoms with van der Waals surface area (Å²) in [6.07, 6.45) is 3.73. The number of hydrogen-bond acceptors (Lipinski definition) is 2. The summed E-state index contributed by atoms with van der Waals surface area (Å²) in [6, 6.07) is 6.02. The van der Waals surface area contributed by atoms with Gasteiger partial charge in [0.1, 0.15) is 0 Å². The van der Waals surface area contributed by atoms with Gasteiger partial charge in [-0.25, -0.2) is 0 Å². The third kappa shape index (κ3) is 1.58. The Bertz CT molecular complexity index is 318. The van der Waals surface area contributed by atoms with Gasteiger partial charge in [-0.05, 0) is 18.1 Å². The Balaban J connectivity index is 2.39. The van der Waals surface area contributed by atoms with E-state index in [4.69, 9.17) is 9.78 Å². The first-order valence-corrected chi connectivity index (χ1v) is 4.43. The monoisotopic (exact) mass is 176 g/mol. The van der Waals surface area contributed by atoms with E-state index >= 15 is 0 Å². The topological polar surface area (TPSA) is 18.5 Å². The van der Waals surface area contributed by atoms with Gasteiger partial charge in [0.25, 0.3) is 0 Å². The van der Waals surface area contributed by atoms with Crippen molar-refractivity contribution in [2.45, 2.75) is 12.8 Å². The highest BCUT2D eigenvalue weighted by Crippen LogP contribution is 2.26. The third-order valence-electron chi connectivity index (χ3n) is 2.18. The predicted octanol–water partition coefficient (Wildman–Crippen LogP) is 2.28. The molecule has 1 heterocycles. The van der Waals surface area contributed by atoms with Crippen LogP contribution in [0.4, 0.5) is 0 Å². The first-order valence-electron chi connectivity index (χ1n) is 4.43. The van der Waals surface area contributed by atoms with Gasteiger partial charge in [0.15, 0.2) is 5.75 Å². The second kappa shape index (κ2) is 3.62. The Morgan fingerprint density at radius 3 is 3.23 bits per heavy atom. The third-order valence-corrected chi connectivity index (χ3v) is 2.18. The zero-order valence-electron chi connectivity index (χ0n) is 7.45. The Hall–Kier alpha value is -1.28. The van der Waals surface area contributed by atoms with Gasteiger partial charge in [0.2, 0.25) is 0 Å². The molecular formula is C11H12O2. The Morgan fingerprint density at radius 2 is 2.38 bits per heavy atom. The van der Waals surface area contributed by atoms with Crippen LogP contribution in [-0.4, -0.2) is 6.61 Å². The van der Waals surface area contributed by atoms with Gasteiger partial charge >= 0.3 is 0 Å². The second-order valence-electron chi connectivity index (χ2n) is 3.04. The first kappa shape index (κ1) is 8.32. The van der Waals surface area contributed by atoms with Crippen LogP contribution < -0.4 is 4.89 Å². The van der Waals surface area contributed by atoms with Crippen LogP contribution in [0.5, 0.6) is 5.75 Å². The van der Waals surface area contributed by atoms with E-state index in [-0.39, 0.29) is 0 Å². The molecule has 2 heteroatoms. The molecule has 0 saturated carbocycles. The quantitative estimate of drug-likeness (QED) is 0.508. The van der Waals surface area contributed by atoms with Gasteiger partial charge in [-0.1, -0.05) is 18.2 Å². The molecule has 0 saturated heterocycles. The average molecular weight is 176 g/mol. The fourth-order valence-electron chi connectivity index (χ4n) is 1.57. The Labute approximate surface area is 77.7 Å². The molecule has 0 fully saturated rings. The molecule has 0 atom stereocenters. The van der Waals surface area contributed by atoms with E-state index in [1.54, 1.807) is 0 Å². The van der Waals surface area contributed by atoms with Gasteiger partial charge in [-0.3, -0.25) is 0 Å². The van der Waals surface area contributed by atoms with Crippen molar-refractivity contribution in [1.29, 1.82) is 0 Å². The second-order valence-corrected chi connectivity index (χ2v) is 3.04. The van der Waals surface area contributed by atoms with Crippen molar-refractivity contribution in [2.75, 3.05) is 6.61 Å². The standard InChI is InChI=1S/C11H12O2/c1-2-4-9-5-3-6-11-10(9)7-8-12-13-11/h2-3,5-6H,1,4,7-8H2. The molecule has 0 bridgehead atoms. The largest absolute Gasteiger partial charge is 0.337 e. The van der Waals surface area contributed by atoms with E-state index in [0.29, 0.717) is 6.61 Å². The molecule has 2 rings (SSSR count). The maximum Gasteiger partial charge on any atom is 0.168 e. The average Bonchev–Trinajstić information content (AvgIpc) is 2.19. The molecule has 13 heavy (non-hydrogen) atoms. The molecule has 0 aromatic heterocycles. The van der Waals surface area contributed by atoms with E-state index in [1.807, 2.05) is 18.2 Å². The van der Waals surface area contributed by atoms with Gasteiger partial charge in [0, 0.05) is 12.0 Å². The lowest BCUT2D eigenvalue weighted by molar-refractivity contribution is -0.215. The first-order chi connectivity index (χ1) is 6.42. The minimum atomic E-state index is 0.640. The van der Waals surface area contributed by atoms with Gasteiger partial charge < -0.3 is 4.89 Å². The summed E-state index contributed by atoms with van der Waals surface area (Å²) >= 11 is 0. The van der Waals surface area contributed by atoms with E-state index < -0.39 is 0 Å². The molecule has 1 aromatic carbocycles. The summed E-state index contributed by atoms with van der Waals surface area (Å²) in [5, 5.41) is 0. The molecule has 0 aliphatic carbocycles. The molecule has 0 radical (unpaired) electrons. The summed E-state index contributed by atoms with van der Waals surface area (Å²) < 4.78 is 0. The number of fused-ring (bicyclic) bond motifs is 1. The van der Waals surface area contributed by atoms with Crippen LogP contribution in [0.25, 0.3) is 0 Å². The van der Waals surface area contributed by atoms with Crippen LogP contribution in [0.3, 0.4) is 0 Å². The maximum atomic E-state index is 5.08. The normalized spacial score (nSPS) is 14.5. The molecule has 68 valence electrons. The molecular weight excluding hydrogens is 164 g/mol. The molecule has 1 aliphatic rings. The minimum Gasteiger partial charge on any atom is -0.337 e. The lowest BCUT2D eigenvalue weighted by atomic mass is 10.0. The summed E-state index contributed by atoms with van der Waals surface area (Å²) in [5.41, 5.74) is 2.55. The molecule has 0 unspecified atom stereocenters. The molecule has 0 N–H and O–H groups in total. The fraction of sp³-hybridized carbons (Fsp3) is 0.273. The molecule has 2 nitrogen and oxygen atoms in total. The van der Waals surface area contributed by atoms with Crippen molar-refractivity contribution in [2.24, 2.45) is 0 Å². The lowest BCUT2D eigenvalue weighted by Gasteiger charge is -2.17. The van der Waals surface area contributed by atoms with Crippen LogP contribution in [0.2, 0.25) is 0 Å². The van der Waals surface area contributed by atoms with E-state index in [9.17, 15) is 0 Å². The van der Waals surface area contributed by atoms with Crippen LogP contribution in [0.1, 0.15) is 11.1 Å². The Kier molecular flexibility index (Phi) is 2.32. The highest BCUT2D eigenvalue weighted by Gasteiger charge is 2.13. The zero-order valence-corrected chi connectivity index (χ0v) is 7.45. The molecule has 0 amide bonds. The highest BCUT2D eigenvalue weighted by molar-refractivity contribution is 5.41. The predicted molar refractivity (Wildman–Crippen MR) is 50.6 cm³/mol. The fourth-order valence-corrected chi connectivity index (χ4v) is 1.57. The van der Waals surface area contributed by atoms with Crippen molar-refractivity contribution in [3.05, 3.63) is 42.0 Å². The van der Waals surface area contributed by atoms with Gasteiger partial charge in [0.05, 0.1) is 6.61 Å². The van der Waals surface area contributed by atoms with Crippen LogP contribution in [0, 0.1) is 0 Å². The zero-order chi connectivity index (χ0) is 9.10. The summed E-state index contributed by atoms with van der Waals surface area (Å²) in [6.45, 7) is 4.37. The molecule has 1 aliphatic heterocycles. The SMILES string of the molecule is C=CCc1cccc2c1CCOO2. The van der Waals surface area contributed by atoms with Crippen molar-refractivity contribution in [3.8, 4) is 5.75 Å².